The molecule has 2 N–H and O–H groups in total. The van der Waals surface area contributed by atoms with Crippen molar-refractivity contribution in [3.8, 4) is 5.69 Å². The zero-order chi connectivity index (χ0) is 31.3. The van der Waals surface area contributed by atoms with Crippen LogP contribution in [0.3, 0.4) is 0 Å². The van der Waals surface area contributed by atoms with E-state index in [-0.39, 0.29) is 34.0 Å². The van der Waals surface area contributed by atoms with Gasteiger partial charge < -0.3 is 10.6 Å². The molecule has 1 aliphatic carbocycles. The summed E-state index contributed by atoms with van der Waals surface area (Å²) in [6, 6.07) is 11.6. The zero-order valence-corrected chi connectivity index (χ0v) is 25.9. The Morgan fingerprint density at radius 3 is 2.24 bits per heavy atom. The lowest BCUT2D eigenvalue weighted by Crippen LogP contribution is -2.41. The summed E-state index contributed by atoms with van der Waals surface area (Å²) in [5, 5.41) is 6.26. The van der Waals surface area contributed by atoms with Crippen molar-refractivity contribution in [3.05, 3.63) is 103 Å². The quantitative estimate of drug-likeness (QED) is 0.257. The first-order valence-corrected chi connectivity index (χ1v) is 14.5. The van der Waals surface area contributed by atoms with Gasteiger partial charge in [0.25, 0.3) is 11.1 Å². The van der Waals surface area contributed by atoms with Gasteiger partial charge in [0.2, 0.25) is 0 Å². The first kappa shape index (κ1) is 32.1. The number of halogens is 1. The minimum atomic E-state index is -0.518. The van der Waals surface area contributed by atoms with Crippen molar-refractivity contribution in [2.45, 2.75) is 73.8 Å². The number of anilines is 3. The second kappa shape index (κ2) is 13.5. The second-order valence-electron chi connectivity index (χ2n) is 10.4. The maximum atomic E-state index is 14.8. The van der Waals surface area contributed by atoms with E-state index >= 15 is 0 Å². The Morgan fingerprint density at radius 1 is 1.02 bits per heavy atom. The number of allylic oxidation sites excluding steroid dienone is 1. The van der Waals surface area contributed by atoms with Crippen LogP contribution in [0.4, 0.5) is 21.6 Å². The third-order valence-electron chi connectivity index (χ3n) is 6.60. The summed E-state index contributed by atoms with van der Waals surface area (Å²) in [6.45, 7) is 17.3. The fraction of sp³-hybridized carbons (Fsp3) is 0.364. The van der Waals surface area contributed by atoms with Gasteiger partial charge in [-0.2, -0.15) is 0 Å². The average molecular weight is 576 g/mol. The van der Waals surface area contributed by atoms with Crippen LogP contribution in [0.1, 0.15) is 71.0 Å². The highest BCUT2D eigenvalue weighted by molar-refractivity contribution is 5.93. The van der Waals surface area contributed by atoms with E-state index in [0.29, 0.717) is 29.9 Å². The van der Waals surface area contributed by atoms with E-state index in [4.69, 9.17) is 0 Å². The fourth-order valence-corrected chi connectivity index (χ4v) is 4.67. The number of benzene rings is 2. The molecule has 5 rings (SSSR count). The maximum Gasteiger partial charge on any atom is 0.336 e. The molecule has 1 fully saturated rings. The number of nitrogens with one attached hydrogen (secondary N) is 2. The summed E-state index contributed by atoms with van der Waals surface area (Å²) in [7, 11) is 1.52. The van der Waals surface area contributed by atoms with Crippen molar-refractivity contribution in [1.29, 1.82) is 0 Å². The Labute approximate surface area is 246 Å². The molecular formula is C33H42FN5O3. The fourth-order valence-electron chi connectivity index (χ4n) is 4.67. The number of pyridine rings is 1. The Morgan fingerprint density at radius 2 is 1.67 bits per heavy atom. The Kier molecular flexibility index (Phi) is 10.3. The van der Waals surface area contributed by atoms with Gasteiger partial charge in [0, 0.05) is 30.0 Å². The van der Waals surface area contributed by atoms with Crippen LogP contribution < -0.4 is 27.4 Å². The molecule has 2 aromatic heterocycles. The topological polar surface area (TPSA) is 90.1 Å². The van der Waals surface area contributed by atoms with Crippen molar-refractivity contribution in [2.24, 2.45) is 7.05 Å². The molecule has 4 aromatic rings. The van der Waals surface area contributed by atoms with E-state index in [1.165, 1.54) is 33.2 Å². The molecule has 0 amide bonds. The monoisotopic (exact) mass is 575 g/mol. The first-order valence-electron chi connectivity index (χ1n) is 14.5. The molecule has 42 heavy (non-hydrogen) atoms. The molecule has 0 unspecified atom stereocenters. The molecule has 1 saturated carbocycles. The van der Waals surface area contributed by atoms with Crippen molar-refractivity contribution in [3.63, 3.8) is 0 Å². The van der Waals surface area contributed by atoms with E-state index in [9.17, 15) is 18.8 Å². The normalized spacial score (nSPS) is 12.1. The maximum absolute atomic E-state index is 14.8. The van der Waals surface area contributed by atoms with Crippen LogP contribution in [-0.4, -0.2) is 13.7 Å². The van der Waals surface area contributed by atoms with E-state index in [1.807, 2.05) is 26.8 Å². The molecule has 9 heteroatoms. The van der Waals surface area contributed by atoms with Gasteiger partial charge in [0.1, 0.15) is 17.0 Å². The third kappa shape index (κ3) is 6.40. The van der Waals surface area contributed by atoms with Crippen molar-refractivity contribution >= 4 is 28.1 Å². The largest absolute Gasteiger partial charge is 0.360 e. The van der Waals surface area contributed by atoms with Gasteiger partial charge in [0.05, 0.1) is 16.9 Å². The minimum Gasteiger partial charge on any atom is -0.360 e. The Hall–Kier alpha value is -4.40. The number of rotatable bonds is 6. The third-order valence-corrected chi connectivity index (χ3v) is 6.60. The average Bonchev–Trinajstić information content (AvgIpc) is 3.78. The van der Waals surface area contributed by atoms with Crippen molar-refractivity contribution < 1.29 is 4.39 Å². The summed E-state index contributed by atoms with van der Waals surface area (Å²) in [5.74, 6) is -0.395. The number of hydrogen-bond acceptors (Lipinski definition) is 5. The van der Waals surface area contributed by atoms with Crippen LogP contribution in [0.2, 0.25) is 0 Å². The van der Waals surface area contributed by atoms with Crippen molar-refractivity contribution in [2.75, 3.05) is 10.6 Å². The summed E-state index contributed by atoms with van der Waals surface area (Å²) >= 11 is 0. The van der Waals surface area contributed by atoms with Gasteiger partial charge in [-0.25, -0.2) is 9.18 Å². The molecule has 2 heterocycles. The number of aromatic nitrogens is 3. The van der Waals surface area contributed by atoms with Crippen LogP contribution in [0.25, 0.3) is 16.6 Å². The number of fused-ring (bicyclic) bond motifs is 1. The van der Waals surface area contributed by atoms with Gasteiger partial charge in [-0.05, 0) is 69.5 Å². The first-order chi connectivity index (χ1) is 20.0. The number of aryl methyl sites for hydroxylation is 2. The highest BCUT2D eigenvalue weighted by Gasteiger charge is 2.31. The van der Waals surface area contributed by atoms with Crippen LogP contribution in [0, 0.1) is 19.7 Å². The molecule has 0 atom stereocenters. The smallest absolute Gasteiger partial charge is 0.336 e. The molecule has 224 valence electrons. The van der Waals surface area contributed by atoms with Gasteiger partial charge >= 0.3 is 5.69 Å². The number of nitrogens with zero attached hydrogens (tertiary/aromatic N) is 3. The molecule has 0 aliphatic heterocycles. The summed E-state index contributed by atoms with van der Waals surface area (Å²) < 4.78 is 18.8. The molecule has 2 aromatic carbocycles. The van der Waals surface area contributed by atoms with Crippen molar-refractivity contribution in [1.82, 2.24) is 13.7 Å². The lowest BCUT2D eigenvalue weighted by Gasteiger charge is -2.21. The molecule has 0 saturated heterocycles. The van der Waals surface area contributed by atoms with Gasteiger partial charge in [-0.1, -0.05) is 52.8 Å². The highest BCUT2D eigenvalue weighted by Crippen LogP contribution is 2.34. The molecule has 0 spiro atoms. The SMILES string of the molecule is C=C(C)Nc1cccc(-n2c(=O)n(C3CC3)c(=O)c3c(Nc4ccc(C)cc4F)n(C)c(=O)c(C)c32)c1.CC.CCC. The van der Waals surface area contributed by atoms with Gasteiger partial charge in [0.15, 0.2) is 0 Å². The van der Waals surface area contributed by atoms with E-state index < -0.39 is 22.6 Å². The predicted molar refractivity (Wildman–Crippen MR) is 172 cm³/mol. The summed E-state index contributed by atoms with van der Waals surface area (Å²) in [4.78, 5) is 41.1. The van der Waals surface area contributed by atoms with Crippen LogP contribution in [0.15, 0.2) is 69.1 Å². The molecule has 0 radical (unpaired) electrons. The van der Waals surface area contributed by atoms with Crippen LogP contribution in [0.5, 0.6) is 0 Å². The second-order valence-corrected chi connectivity index (χ2v) is 10.4. The predicted octanol–water partition coefficient (Wildman–Crippen LogP) is 7.07. The minimum absolute atomic E-state index is 0.119. The molecular weight excluding hydrogens is 533 g/mol. The van der Waals surface area contributed by atoms with Crippen LogP contribution in [-0.2, 0) is 7.05 Å². The van der Waals surface area contributed by atoms with Crippen LogP contribution >= 0.6 is 0 Å². The van der Waals surface area contributed by atoms with E-state index in [2.05, 4.69) is 31.1 Å². The van der Waals surface area contributed by atoms with Gasteiger partial charge in [-0.3, -0.25) is 23.3 Å². The van der Waals surface area contributed by atoms with Gasteiger partial charge in [-0.15, -0.1) is 0 Å². The lowest BCUT2D eigenvalue weighted by molar-refractivity contribution is 0.630. The summed E-state index contributed by atoms with van der Waals surface area (Å²) in [5.41, 5.74) is 1.76. The van der Waals surface area contributed by atoms with E-state index in [0.717, 1.165) is 5.56 Å². The molecule has 8 nitrogen and oxygen atoms in total. The highest BCUT2D eigenvalue weighted by atomic mass is 19.1. The zero-order valence-electron chi connectivity index (χ0n) is 25.9. The standard InChI is InChI=1S/C28H28FN5O3.C3H8.C2H6/c1-15(2)30-18-7-6-8-20(14-18)33-24-17(4)26(35)32(5)25(31-22-12-9-16(3)13-21(22)29)23(24)27(36)34(28(33)37)19-10-11-19;1-3-2;1-2/h6-9,12-14,19,30-31H,1,10-11H2,2-5H3;3H2,1-2H3;1-2H3. The summed E-state index contributed by atoms with van der Waals surface area (Å²) in [6.07, 6.45) is 2.66. The molecule has 0 bridgehead atoms. The number of hydrogen-bond donors (Lipinski definition) is 2. The molecule has 1 aliphatic rings. The Bertz CT molecular complexity index is 1800. The Balaban J connectivity index is 0.000000910. The van der Waals surface area contributed by atoms with E-state index in [1.54, 1.807) is 44.2 Å². The lowest BCUT2D eigenvalue weighted by atomic mass is 10.1.